The van der Waals surface area contributed by atoms with Crippen LogP contribution >= 0.6 is 0 Å². The Bertz CT molecular complexity index is 353. The second-order valence-corrected chi connectivity index (χ2v) is 4.89. The van der Waals surface area contributed by atoms with E-state index in [1.54, 1.807) is 13.3 Å². The van der Waals surface area contributed by atoms with Gasteiger partial charge in [0.15, 0.2) is 0 Å². The lowest BCUT2D eigenvalue weighted by molar-refractivity contribution is 0.149. The van der Waals surface area contributed by atoms with Crippen LogP contribution in [0.4, 0.5) is 0 Å². The first-order valence-electron chi connectivity index (χ1n) is 6.66. The summed E-state index contributed by atoms with van der Waals surface area (Å²) >= 11 is 0. The van der Waals surface area contributed by atoms with Gasteiger partial charge in [-0.05, 0) is 37.3 Å². The van der Waals surface area contributed by atoms with Crippen LogP contribution in [-0.4, -0.2) is 25.2 Å². The van der Waals surface area contributed by atoms with Crippen LogP contribution in [0, 0.1) is 11.8 Å². The van der Waals surface area contributed by atoms with Crippen LogP contribution in [0.2, 0.25) is 0 Å². The first-order valence-corrected chi connectivity index (χ1v) is 6.66. The molecule has 0 aromatic carbocycles. The third kappa shape index (κ3) is 3.35. The third-order valence-corrected chi connectivity index (χ3v) is 3.76. The number of ether oxygens (including phenoxy) is 2. The minimum Gasteiger partial charge on any atom is -0.495 e. The van der Waals surface area contributed by atoms with Crippen molar-refractivity contribution in [3.8, 4) is 11.6 Å². The molecular formula is C14H22N2O2. The molecule has 1 aliphatic carbocycles. The Morgan fingerprint density at radius 3 is 2.67 bits per heavy atom. The molecule has 2 rings (SSSR count). The summed E-state index contributed by atoms with van der Waals surface area (Å²) in [5, 5.41) is 0. The number of nitrogens with two attached hydrogens (primary N) is 1. The van der Waals surface area contributed by atoms with E-state index in [1.165, 1.54) is 25.7 Å². The second-order valence-electron chi connectivity index (χ2n) is 4.89. The van der Waals surface area contributed by atoms with E-state index in [-0.39, 0.29) is 0 Å². The summed E-state index contributed by atoms with van der Waals surface area (Å²) in [7, 11) is 1.63. The zero-order valence-electron chi connectivity index (χ0n) is 11.0. The van der Waals surface area contributed by atoms with Crippen molar-refractivity contribution in [2.75, 3.05) is 20.3 Å². The van der Waals surface area contributed by atoms with Gasteiger partial charge in [0.05, 0.1) is 19.9 Å². The van der Waals surface area contributed by atoms with E-state index in [9.17, 15) is 0 Å². The predicted molar refractivity (Wildman–Crippen MR) is 70.8 cm³/mol. The highest BCUT2D eigenvalue weighted by molar-refractivity contribution is 5.22. The average molecular weight is 250 g/mol. The van der Waals surface area contributed by atoms with Gasteiger partial charge in [0.2, 0.25) is 5.88 Å². The molecule has 0 aliphatic heterocycles. The summed E-state index contributed by atoms with van der Waals surface area (Å²) in [6, 6.07) is 3.71. The van der Waals surface area contributed by atoms with Crippen molar-refractivity contribution in [3.63, 3.8) is 0 Å². The van der Waals surface area contributed by atoms with Gasteiger partial charge in [0.1, 0.15) is 5.75 Å². The zero-order chi connectivity index (χ0) is 12.8. The first kappa shape index (κ1) is 13.1. The van der Waals surface area contributed by atoms with Gasteiger partial charge in [0, 0.05) is 6.07 Å². The molecule has 1 fully saturated rings. The number of rotatable bonds is 5. The van der Waals surface area contributed by atoms with Crippen LogP contribution < -0.4 is 15.2 Å². The van der Waals surface area contributed by atoms with E-state index in [0.29, 0.717) is 17.7 Å². The van der Waals surface area contributed by atoms with Crippen molar-refractivity contribution in [2.45, 2.75) is 25.7 Å². The fraction of sp³-hybridized carbons (Fsp3) is 0.643. The number of aromatic nitrogens is 1. The molecule has 2 atom stereocenters. The lowest BCUT2D eigenvalue weighted by atomic mass is 9.80. The zero-order valence-corrected chi connectivity index (χ0v) is 11.0. The maximum Gasteiger partial charge on any atom is 0.213 e. The molecular weight excluding hydrogens is 228 g/mol. The molecule has 100 valence electrons. The number of nitrogens with zero attached hydrogens (tertiary/aromatic N) is 1. The minimum atomic E-state index is 0.577. The van der Waals surface area contributed by atoms with Gasteiger partial charge in [-0.3, -0.25) is 0 Å². The molecule has 1 saturated carbocycles. The predicted octanol–water partition coefficient (Wildman–Crippen LogP) is 2.23. The van der Waals surface area contributed by atoms with Crippen molar-refractivity contribution in [3.05, 3.63) is 18.3 Å². The molecule has 1 heterocycles. The fourth-order valence-corrected chi connectivity index (χ4v) is 2.58. The second kappa shape index (κ2) is 6.59. The highest BCUT2D eigenvalue weighted by Crippen LogP contribution is 2.29. The maximum atomic E-state index is 5.81. The van der Waals surface area contributed by atoms with Gasteiger partial charge >= 0.3 is 0 Å². The van der Waals surface area contributed by atoms with Gasteiger partial charge in [0.25, 0.3) is 0 Å². The maximum absolute atomic E-state index is 5.81. The van der Waals surface area contributed by atoms with Gasteiger partial charge in [-0.2, -0.15) is 0 Å². The van der Waals surface area contributed by atoms with Crippen LogP contribution in [0.3, 0.4) is 0 Å². The molecule has 2 N–H and O–H groups in total. The van der Waals surface area contributed by atoms with Crippen LogP contribution in [0.1, 0.15) is 25.7 Å². The summed E-state index contributed by atoms with van der Waals surface area (Å²) in [6.45, 7) is 1.49. The quantitative estimate of drug-likeness (QED) is 0.870. The molecule has 1 aliphatic rings. The molecule has 2 unspecified atom stereocenters. The molecule has 4 heteroatoms. The van der Waals surface area contributed by atoms with Crippen molar-refractivity contribution in [1.29, 1.82) is 0 Å². The lowest BCUT2D eigenvalue weighted by Gasteiger charge is -2.30. The van der Waals surface area contributed by atoms with Crippen molar-refractivity contribution < 1.29 is 9.47 Å². The Morgan fingerprint density at radius 2 is 2.06 bits per heavy atom. The number of pyridine rings is 1. The minimum absolute atomic E-state index is 0.577. The smallest absolute Gasteiger partial charge is 0.213 e. The van der Waals surface area contributed by atoms with E-state index >= 15 is 0 Å². The molecule has 1 aromatic heterocycles. The number of hydrogen-bond donors (Lipinski definition) is 1. The van der Waals surface area contributed by atoms with Crippen molar-refractivity contribution in [2.24, 2.45) is 17.6 Å². The summed E-state index contributed by atoms with van der Waals surface area (Å²) in [4.78, 5) is 4.21. The summed E-state index contributed by atoms with van der Waals surface area (Å²) < 4.78 is 10.8. The van der Waals surface area contributed by atoms with Gasteiger partial charge in [-0.1, -0.05) is 12.8 Å². The molecule has 0 spiro atoms. The van der Waals surface area contributed by atoms with Crippen LogP contribution in [0.25, 0.3) is 0 Å². The third-order valence-electron chi connectivity index (χ3n) is 3.76. The fourth-order valence-electron chi connectivity index (χ4n) is 2.58. The SMILES string of the molecule is COc1ccc(OCC2CCCCC2CN)nc1. The normalized spacial score (nSPS) is 23.7. The Labute approximate surface area is 108 Å². The molecule has 0 radical (unpaired) electrons. The standard InChI is InChI=1S/C14H22N2O2/c1-17-13-6-7-14(16-9-13)18-10-12-5-3-2-4-11(12)8-15/h6-7,9,11-12H,2-5,8,10,15H2,1H3. The topological polar surface area (TPSA) is 57.4 Å². The highest BCUT2D eigenvalue weighted by Gasteiger charge is 2.24. The number of methoxy groups -OCH3 is 1. The van der Waals surface area contributed by atoms with Crippen LogP contribution in [-0.2, 0) is 0 Å². The summed E-state index contributed by atoms with van der Waals surface area (Å²) in [6.07, 6.45) is 6.73. The Hall–Kier alpha value is -1.29. The molecule has 0 bridgehead atoms. The van der Waals surface area contributed by atoms with Gasteiger partial charge in [-0.15, -0.1) is 0 Å². The summed E-state index contributed by atoms with van der Waals surface area (Å²) in [5.41, 5.74) is 5.81. The first-order chi connectivity index (χ1) is 8.83. The van der Waals surface area contributed by atoms with E-state index in [1.807, 2.05) is 12.1 Å². The molecule has 0 amide bonds. The Morgan fingerprint density at radius 1 is 1.28 bits per heavy atom. The largest absolute Gasteiger partial charge is 0.495 e. The van der Waals surface area contributed by atoms with E-state index in [0.717, 1.165) is 18.9 Å². The van der Waals surface area contributed by atoms with Gasteiger partial charge in [-0.25, -0.2) is 4.98 Å². The van der Waals surface area contributed by atoms with Crippen LogP contribution in [0.5, 0.6) is 11.6 Å². The van der Waals surface area contributed by atoms with E-state index in [4.69, 9.17) is 15.2 Å². The monoisotopic (exact) mass is 250 g/mol. The molecule has 18 heavy (non-hydrogen) atoms. The van der Waals surface area contributed by atoms with Crippen molar-refractivity contribution >= 4 is 0 Å². The van der Waals surface area contributed by atoms with E-state index < -0.39 is 0 Å². The molecule has 4 nitrogen and oxygen atoms in total. The number of hydrogen-bond acceptors (Lipinski definition) is 4. The molecule has 0 saturated heterocycles. The van der Waals surface area contributed by atoms with E-state index in [2.05, 4.69) is 4.98 Å². The highest BCUT2D eigenvalue weighted by atomic mass is 16.5. The molecule has 1 aromatic rings. The van der Waals surface area contributed by atoms with Crippen LogP contribution in [0.15, 0.2) is 18.3 Å². The van der Waals surface area contributed by atoms with Crippen molar-refractivity contribution in [1.82, 2.24) is 4.98 Å². The lowest BCUT2D eigenvalue weighted by Crippen LogP contribution is -2.30. The van der Waals surface area contributed by atoms with Gasteiger partial charge < -0.3 is 15.2 Å². The average Bonchev–Trinajstić information content (AvgIpc) is 2.46. The summed E-state index contributed by atoms with van der Waals surface area (Å²) in [5.74, 6) is 2.60. The Kier molecular flexibility index (Phi) is 4.81. The Balaban J connectivity index is 1.85.